The third-order valence-corrected chi connectivity index (χ3v) is 4.06. The Labute approximate surface area is 125 Å². The Morgan fingerprint density at radius 1 is 1.00 bits per heavy atom. The van der Waals surface area contributed by atoms with Gasteiger partial charge in [0.2, 0.25) is 0 Å². The molecule has 0 aromatic heterocycles. The first-order valence-corrected chi connectivity index (χ1v) is 7.26. The van der Waals surface area contributed by atoms with Gasteiger partial charge in [-0.05, 0) is 23.1 Å². The van der Waals surface area contributed by atoms with Crippen LogP contribution in [0.4, 0.5) is 4.79 Å². The third-order valence-electron chi connectivity index (χ3n) is 4.06. The molecule has 2 aromatic rings. The van der Waals surface area contributed by atoms with Gasteiger partial charge in [0, 0.05) is 20.6 Å². The fourth-order valence-corrected chi connectivity index (χ4v) is 2.95. The summed E-state index contributed by atoms with van der Waals surface area (Å²) in [6.07, 6.45) is 0.875. The minimum absolute atomic E-state index is 0.0679. The Morgan fingerprint density at radius 3 is 2.29 bits per heavy atom. The molecule has 108 valence electrons. The van der Waals surface area contributed by atoms with Crippen LogP contribution in [0.5, 0.6) is 0 Å². The standard InChI is InChI=1S/C18H20N2O/c1-19(2)18(21)20-13-16-11-7-6-10-15(16)12-17(20)14-8-4-3-5-9-14/h3-11,17H,12-13H2,1-2H3/t17-/m0/s1. The van der Waals surface area contributed by atoms with E-state index < -0.39 is 0 Å². The second-order valence-electron chi connectivity index (χ2n) is 5.70. The lowest BCUT2D eigenvalue weighted by Gasteiger charge is -2.38. The van der Waals surface area contributed by atoms with E-state index >= 15 is 0 Å². The lowest BCUT2D eigenvalue weighted by atomic mass is 9.90. The summed E-state index contributed by atoms with van der Waals surface area (Å²) in [7, 11) is 3.62. The molecule has 2 amide bonds. The molecule has 2 aromatic carbocycles. The minimum Gasteiger partial charge on any atom is -0.331 e. The summed E-state index contributed by atoms with van der Waals surface area (Å²) in [5.41, 5.74) is 3.79. The molecule has 0 N–H and O–H groups in total. The summed E-state index contributed by atoms with van der Waals surface area (Å²) in [5, 5.41) is 0. The van der Waals surface area contributed by atoms with Crippen molar-refractivity contribution in [3.63, 3.8) is 0 Å². The molecular formula is C18H20N2O. The molecule has 0 saturated carbocycles. The van der Waals surface area contributed by atoms with Crippen molar-refractivity contribution < 1.29 is 4.79 Å². The van der Waals surface area contributed by atoms with Crippen molar-refractivity contribution in [2.45, 2.75) is 19.0 Å². The molecule has 1 atom stereocenters. The maximum atomic E-state index is 12.5. The van der Waals surface area contributed by atoms with Crippen LogP contribution in [0.15, 0.2) is 54.6 Å². The molecule has 1 aliphatic rings. The number of carbonyl (C=O) groups excluding carboxylic acids is 1. The normalized spacial score (nSPS) is 17.2. The molecule has 1 heterocycles. The number of amides is 2. The zero-order valence-corrected chi connectivity index (χ0v) is 12.5. The van der Waals surface area contributed by atoms with Gasteiger partial charge in [0.1, 0.15) is 0 Å². The fourth-order valence-electron chi connectivity index (χ4n) is 2.95. The van der Waals surface area contributed by atoms with Gasteiger partial charge in [-0.1, -0.05) is 54.6 Å². The number of fused-ring (bicyclic) bond motifs is 1. The second kappa shape index (κ2) is 5.60. The number of benzene rings is 2. The van der Waals surface area contributed by atoms with Crippen molar-refractivity contribution in [2.24, 2.45) is 0 Å². The molecule has 0 bridgehead atoms. The van der Waals surface area contributed by atoms with E-state index in [0.29, 0.717) is 6.54 Å². The zero-order valence-electron chi connectivity index (χ0n) is 12.5. The van der Waals surface area contributed by atoms with Crippen molar-refractivity contribution in [1.82, 2.24) is 9.80 Å². The SMILES string of the molecule is CN(C)C(=O)N1Cc2ccccc2C[C@H]1c1ccccc1. The van der Waals surface area contributed by atoms with Crippen LogP contribution < -0.4 is 0 Å². The third kappa shape index (κ3) is 2.64. The van der Waals surface area contributed by atoms with E-state index in [9.17, 15) is 4.79 Å². The van der Waals surface area contributed by atoms with Gasteiger partial charge in [-0.2, -0.15) is 0 Å². The maximum absolute atomic E-state index is 12.5. The van der Waals surface area contributed by atoms with E-state index in [4.69, 9.17) is 0 Å². The van der Waals surface area contributed by atoms with Crippen molar-refractivity contribution in [3.8, 4) is 0 Å². The summed E-state index contributed by atoms with van der Waals surface area (Å²) >= 11 is 0. The molecule has 1 aliphatic heterocycles. The number of carbonyl (C=O) groups is 1. The predicted octanol–water partition coefficient (Wildman–Crippen LogP) is 3.47. The largest absolute Gasteiger partial charge is 0.331 e. The first-order valence-electron chi connectivity index (χ1n) is 7.26. The highest BCUT2D eigenvalue weighted by atomic mass is 16.2. The lowest BCUT2D eigenvalue weighted by Crippen LogP contribution is -2.44. The molecule has 0 aliphatic carbocycles. The molecule has 0 spiro atoms. The van der Waals surface area contributed by atoms with Crippen LogP contribution in [0.25, 0.3) is 0 Å². The highest BCUT2D eigenvalue weighted by Crippen LogP contribution is 2.33. The summed E-state index contributed by atoms with van der Waals surface area (Å²) in [5.74, 6) is 0. The maximum Gasteiger partial charge on any atom is 0.320 e. The average molecular weight is 280 g/mol. The highest BCUT2D eigenvalue weighted by molar-refractivity contribution is 5.75. The number of hydrogen-bond donors (Lipinski definition) is 0. The molecule has 0 radical (unpaired) electrons. The average Bonchev–Trinajstić information content (AvgIpc) is 2.53. The first kappa shape index (κ1) is 13.7. The number of nitrogens with zero attached hydrogens (tertiary/aromatic N) is 2. The molecular weight excluding hydrogens is 260 g/mol. The molecule has 21 heavy (non-hydrogen) atoms. The van der Waals surface area contributed by atoms with Gasteiger partial charge in [0.25, 0.3) is 0 Å². The van der Waals surface area contributed by atoms with E-state index in [1.807, 2.05) is 43.3 Å². The van der Waals surface area contributed by atoms with Crippen LogP contribution in [0.1, 0.15) is 22.7 Å². The molecule has 3 heteroatoms. The van der Waals surface area contributed by atoms with Gasteiger partial charge in [0.15, 0.2) is 0 Å². The number of hydrogen-bond acceptors (Lipinski definition) is 1. The van der Waals surface area contributed by atoms with Crippen LogP contribution in [0, 0.1) is 0 Å². The highest BCUT2D eigenvalue weighted by Gasteiger charge is 2.31. The Balaban J connectivity index is 2.01. The van der Waals surface area contributed by atoms with E-state index in [1.54, 1.807) is 4.90 Å². The van der Waals surface area contributed by atoms with Crippen LogP contribution in [-0.4, -0.2) is 29.9 Å². The summed E-state index contributed by atoms with van der Waals surface area (Å²) in [6.45, 7) is 0.673. The van der Waals surface area contributed by atoms with Crippen molar-refractivity contribution >= 4 is 6.03 Å². The van der Waals surface area contributed by atoms with Crippen molar-refractivity contribution in [3.05, 3.63) is 71.3 Å². The van der Waals surface area contributed by atoms with Gasteiger partial charge < -0.3 is 9.80 Å². The van der Waals surface area contributed by atoms with E-state index in [2.05, 4.69) is 30.3 Å². The van der Waals surface area contributed by atoms with E-state index in [-0.39, 0.29) is 12.1 Å². The fraction of sp³-hybridized carbons (Fsp3) is 0.278. The van der Waals surface area contributed by atoms with Crippen molar-refractivity contribution in [2.75, 3.05) is 14.1 Å². The lowest BCUT2D eigenvalue weighted by molar-refractivity contribution is 0.138. The molecule has 0 saturated heterocycles. The number of urea groups is 1. The van der Waals surface area contributed by atoms with Gasteiger partial charge in [-0.3, -0.25) is 0 Å². The van der Waals surface area contributed by atoms with Crippen LogP contribution >= 0.6 is 0 Å². The van der Waals surface area contributed by atoms with Gasteiger partial charge in [-0.15, -0.1) is 0 Å². The Morgan fingerprint density at radius 2 is 1.62 bits per heavy atom. The molecule has 0 fully saturated rings. The van der Waals surface area contributed by atoms with Gasteiger partial charge in [0.05, 0.1) is 6.04 Å². The van der Waals surface area contributed by atoms with Crippen LogP contribution in [0.3, 0.4) is 0 Å². The van der Waals surface area contributed by atoms with Crippen LogP contribution in [-0.2, 0) is 13.0 Å². The molecule has 0 unspecified atom stereocenters. The topological polar surface area (TPSA) is 23.6 Å². The zero-order chi connectivity index (χ0) is 14.8. The Hall–Kier alpha value is -2.29. The molecule has 3 rings (SSSR count). The Kier molecular flexibility index (Phi) is 3.65. The Bertz CT molecular complexity index is 637. The smallest absolute Gasteiger partial charge is 0.320 e. The van der Waals surface area contributed by atoms with E-state index in [1.165, 1.54) is 16.7 Å². The van der Waals surface area contributed by atoms with E-state index in [0.717, 1.165) is 6.42 Å². The second-order valence-corrected chi connectivity index (χ2v) is 5.70. The number of rotatable bonds is 1. The quantitative estimate of drug-likeness (QED) is 0.784. The predicted molar refractivity (Wildman–Crippen MR) is 84.0 cm³/mol. The summed E-state index contributed by atoms with van der Waals surface area (Å²) in [6, 6.07) is 18.9. The molecule has 3 nitrogen and oxygen atoms in total. The van der Waals surface area contributed by atoms with Crippen molar-refractivity contribution in [1.29, 1.82) is 0 Å². The summed E-state index contributed by atoms with van der Waals surface area (Å²) < 4.78 is 0. The van der Waals surface area contributed by atoms with Gasteiger partial charge in [-0.25, -0.2) is 4.79 Å². The minimum atomic E-state index is 0.0679. The van der Waals surface area contributed by atoms with Crippen LogP contribution in [0.2, 0.25) is 0 Å². The summed E-state index contributed by atoms with van der Waals surface area (Å²) in [4.78, 5) is 16.2. The van der Waals surface area contributed by atoms with Gasteiger partial charge >= 0.3 is 6.03 Å². The monoisotopic (exact) mass is 280 g/mol. The first-order chi connectivity index (χ1) is 10.2.